The van der Waals surface area contributed by atoms with Crippen LogP contribution in [0.1, 0.15) is 154 Å². The first-order chi connectivity index (χ1) is 41.1. The Bertz CT molecular complexity index is 3470. The number of ketones is 2. The number of aromatic hydroxyl groups is 1. The first kappa shape index (κ1) is 56.8. The molecular formula is C71H85N5O9. The van der Waals surface area contributed by atoms with E-state index in [9.17, 15) is 35.4 Å². The Morgan fingerprint density at radius 1 is 0.882 bits per heavy atom. The van der Waals surface area contributed by atoms with Crippen LogP contribution in [-0.2, 0) is 22.4 Å². The second kappa shape index (κ2) is 22.3. The number of piperidine rings is 1. The molecule has 4 bridgehead atoms. The van der Waals surface area contributed by atoms with Crippen LogP contribution in [0.2, 0.25) is 0 Å². The summed E-state index contributed by atoms with van der Waals surface area (Å²) in [4.78, 5) is 33.6. The standard InChI is InChI=1S/C71H85N5O9/c1-70-23-6-10-45(70)9-5-11-51-64-47(17-19-61(83)84)62(50(36-75-70)66-68(64)67-52(76-51)34-53(77)46-16-14-44-35-74-69(66)63(44)65(46)67)43-21-25-71(59(82)30-43)24-20-41(49-33-56(80)57(85-2)29-40(49)15-18-58(71)81)28-54(78)55(79)32-48(42-22-26-73-60(72)31-42)39-13-12-37-7-3-4-8-38(37)27-39/h3-4,7-8,12-13,22,27,29,31,33,35,41,43,45-48,50-52,54-55,59,61-62,64-68,73-76,78-80,82-84H,6,10-11,14-19,21,23,25-26,28,30,32,34,36,72H2,1-2H3/t41-,43+,45-,46+,47+,48+,50+,51-,52-,54+,55-,59-,62-,64+,65+,66-,67+,68+,70+,71+/m1/s1. The molecule has 1 aromatic heterocycles. The van der Waals surface area contributed by atoms with Gasteiger partial charge in [-0.05, 0) is 194 Å². The molecule has 4 saturated carbocycles. The van der Waals surface area contributed by atoms with Gasteiger partial charge in [-0.25, -0.2) is 0 Å². The number of benzene rings is 3. The lowest BCUT2D eigenvalue weighted by molar-refractivity contribution is -0.151. The van der Waals surface area contributed by atoms with E-state index in [2.05, 4.69) is 94.1 Å². The van der Waals surface area contributed by atoms with Gasteiger partial charge in [0.1, 0.15) is 11.2 Å². The van der Waals surface area contributed by atoms with E-state index < -0.39 is 35.9 Å². The fraction of sp³-hybridized carbons (Fsp3) is 0.577. The van der Waals surface area contributed by atoms with E-state index in [-0.39, 0.29) is 138 Å². The van der Waals surface area contributed by atoms with Gasteiger partial charge in [-0.3, -0.25) is 9.59 Å². The molecule has 12 N–H and O–H groups in total. The molecule has 0 amide bonds. The number of aliphatic hydroxyl groups excluding tert-OH is 4. The monoisotopic (exact) mass is 1150 g/mol. The maximum absolute atomic E-state index is 15.3. The molecule has 4 aromatic rings. The number of phenols is 1. The van der Waals surface area contributed by atoms with Crippen molar-refractivity contribution < 1.29 is 45.0 Å². The van der Waals surface area contributed by atoms with E-state index in [1.807, 2.05) is 18.2 Å². The van der Waals surface area contributed by atoms with E-state index in [4.69, 9.17) is 10.5 Å². The molecular weight excluding hydrogens is 1070 g/mol. The van der Waals surface area contributed by atoms with Gasteiger partial charge >= 0.3 is 0 Å². The van der Waals surface area contributed by atoms with Crippen molar-refractivity contribution in [2.24, 2.45) is 64.4 Å². The number of ether oxygens (including phenoxy) is 1. The fourth-order valence-electron chi connectivity index (χ4n) is 19.8. The van der Waals surface area contributed by atoms with Crippen LogP contribution in [0.25, 0.3) is 10.8 Å². The van der Waals surface area contributed by atoms with Crippen LogP contribution in [0.3, 0.4) is 0 Å². The third-order valence-electron chi connectivity index (χ3n) is 23.7. The third kappa shape index (κ3) is 9.76. The Labute approximate surface area is 499 Å². The first-order valence-electron chi connectivity index (χ1n) is 32.1. The summed E-state index contributed by atoms with van der Waals surface area (Å²) < 4.78 is 5.62. The van der Waals surface area contributed by atoms with Gasteiger partial charge in [0.15, 0.2) is 23.6 Å². The van der Waals surface area contributed by atoms with E-state index in [0.29, 0.717) is 62.2 Å². The lowest BCUT2D eigenvalue weighted by Gasteiger charge is -2.67. The summed E-state index contributed by atoms with van der Waals surface area (Å²) in [5, 5.41) is 84.5. The summed E-state index contributed by atoms with van der Waals surface area (Å²) in [6.07, 6.45) is 9.67. The van der Waals surface area contributed by atoms with Crippen molar-refractivity contribution >= 4 is 22.3 Å². The summed E-state index contributed by atoms with van der Waals surface area (Å²) >= 11 is 0. The molecule has 4 aliphatic heterocycles. The zero-order chi connectivity index (χ0) is 58.6. The molecule has 11 aliphatic rings. The largest absolute Gasteiger partial charge is 0.504 e. The summed E-state index contributed by atoms with van der Waals surface area (Å²) in [7, 11) is 1.49. The zero-order valence-electron chi connectivity index (χ0n) is 49.1. The first-order valence-corrected chi connectivity index (χ1v) is 32.1. The van der Waals surface area contributed by atoms with E-state index >= 15 is 4.79 Å². The highest BCUT2D eigenvalue weighted by atomic mass is 16.5. The number of nitrogens with one attached hydrogen (secondary N) is 4. The number of aromatic amines is 1. The molecule has 5 fully saturated rings. The fourth-order valence-corrected chi connectivity index (χ4v) is 19.8. The minimum Gasteiger partial charge on any atom is -0.504 e. The minimum absolute atomic E-state index is 0.00900. The van der Waals surface area contributed by atoms with Gasteiger partial charge in [-0.1, -0.05) is 72.7 Å². The molecule has 3 aromatic carbocycles. The number of hydrogen-bond donors (Lipinski definition) is 11. The zero-order valence-corrected chi connectivity index (χ0v) is 49.1. The smallest absolute Gasteiger partial charge is 0.160 e. The van der Waals surface area contributed by atoms with E-state index in [0.717, 1.165) is 66.1 Å². The molecule has 85 heavy (non-hydrogen) atoms. The van der Waals surface area contributed by atoms with Crippen LogP contribution in [0.4, 0.5) is 0 Å². The Balaban J connectivity index is 0.821. The molecule has 0 radical (unpaired) electrons. The topological polar surface area (TPSA) is 243 Å². The second-order valence-electron chi connectivity index (χ2n) is 27.8. The predicted molar refractivity (Wildman–Crippen MR) is 324 cm³/mol. The van der Waals surface area contributed by atoms with Gasteiger partial charge in [-0.2, -0.15) is 0 Å². The Kier molecular flexibility index (Phi) is 14.9. The number of H-pyrrole nitrogens is 1. The van der Waals surface area contributed by atoms with Crippen molar-refractivity contribution in [1.82, 2.24) is 20.9 Å². The quantitative estimate of drug-likeness (QED) is 0.0492. The summed E-state index contributed by atoms with van der Waals surface area (Å²) in [6.45, 7) is 3.61. The van der Waals surface area contributed by atoms with Crippen LogP contribution in [-0.4, -0.2) is 110 Å². The summed E-state index contributed by atoms with van der Waals surface area (Å²) in [5.41, 5.74) is 12.0. The Morgan fingerprint density at radius 2 is 1.73 bits per heavy atom. The predicted octanol–water partition coefficient (Wildman–Crippen LogP) is 7.36. The molecule has 7 aliphatic carbocycles. The van der Waals surface area contributed by atoms with Crippen molar-refractivity contribution in [2.75, 3.05) is 20.2 Å². The second-order valence-corrected chi connectivity index (χ2v) is 27.8. The average molecular weight is 1150 g/mol. The third-order valence-corrected chi connectivity index (χ3v) is 23.7. The van der Waals surface area contributed by atoms with Crippen LogP contribution in [0, 0.1) is 82.4 Å². The number of hydrogen-bond acceptors (Lipinski definition) is 13. The highest BCUT2D eigenvalue weighted by molar-refractivity contribution is 5.89. The molecule has 15 rings (SSSR count). The number of nitrogens with two attached hydrogens (primary N) is 1. The van der Waals surface area contributed by atoms with Crippen LogP contribution in [0.15, 0.2) is 84.3 Å². The number of methoxy groups -OCH3 is 1. The average Bonchev–Trinajstić information content (AvgIpc) is 1.70. The lowest BCUT2D eigenvalue weighted by Crippen LogP contribution is -2.70. The molecule has 1 saturated heterocycles. The number of fused-ring (bicyclic) bond motifs is 5. The van der Waals surface area contributed by atoms with Crippen molar-refractivity contribution in [1.29, 1.82) is 0 Å². The lowest BCUT2D eigenvalue weighted by atomic mass is 9.40. The summed E-state index contributed by atoms with van der Waals surface area (Å²) in [6, 6.07) is 17.8. The number of dihydropyridines is 1. The number of aryl methyl sites for hydroxylation is 2. The number of aromatic nitrogens is 1. The maximum atomic E-state index is 15.3. The Hall–Kier alpha value is -5.94. The number of aliphatic hydroxyl groups is 5. The molecule has 1 spiro atoms. The van der Waals surface area contributed by atoms with Crippen molar-refractivity contribution in [3.05, 3.63) is 118 Å². The molecule has 448 valence electrons. The SMILES string of the molecule is COc1cc2c(cc1O)[C@@H](C[C@H](O)[C@H](O)C[C@H](C1=CCNC(N)=C1)c1ccc3ccccc3c1)C#C[C@]1(CC[C@H]([C@H]3[C@@H]4CN[C@@]5(C)CCC[C@H]5C#CC[C@H]5N[C@@H]6CC(=O)[C@@H]7CCc8c[nH]c9c8[C@H]7[C@H]6[C@H]([C@H]94)[C@H]5[C@H]3CCC(O)O)C[C@H]1O)C(=O)CC2. The minimum atomic E-state index is -1.49. The number of phenolic OH excluding ortho intramolecular Hbond substituents is 1. The van der Waals surface area contributed by atoms with Gasteiger partial charge in [0.05, 0.1) is 31.2 Å². The van der Waals surface area contributed by atoms with Crippen LogP contribution < -0.4 is 26.4 Å². The maximum Gasteiger partial charge on any atom is 0.160 e. The molecule has 20 atom stereocenters. The van der Waals surface area contributed by atoms with Gasteiger partial charge in [0, 0.05) is 90.8 Å². The highest BCUT2D eigenvalue weighted by Crippen LogP contribution is 2.69. The Morgan fingerprint density at radius 3 is 2.54 bits per heavy atom. The van der Waals surface area contributed by atoms with Crippen molar-refractivity contribution in [2.45, 2.75) is 176 Å². The number of carbonyl (C=O) groups is 2. The van der Waals surface area contributed by atoms with E-state index in [1.54, 1.807) is 12.1 Å². The molecule has 0 unspecified atom stereocenters. The highest BCUT2D eigenvalue weighted by Gasteiger charge is 2.67. The van der Waals surface area contributed by atoms with Crippen LogP contribution >= 0.6 is 0 Å². The number of carbonyl (C=O) groups excluding carboxylic acids is 2. The van der Waals surface area contributed by atoms with Crippen molar-refractivity contribution in [3.63, 3.8) is 0 Å². The van der Waals surface area contributed by atoms with E-state index in [1.165, 1.54) is 23.9 Å². The number of allylic oxidation sites excluding steroid dienone is 2. The van der Waals surface area contributed by atoms with Gasteiger partial charge < -0.3 is 62.0 Å². The summed E-state index contributed by atoms with van der Waals surface area (Å²) in [5.74, 6) is 15.4. The van der Waals surface area contributed by atoms with Crippen molar-refractivity contribution in [3.8, 4) is 35.2 Å². The van der Waals surface area contributed by atoms with Gasteiger partial charge in [-0.15, -0.1) is 5.92 Å². The molecule has 14 heteroatoms. The molecule has 14 nitrogen and oxygen atoms in total. The van der Waals surface area contributed by atoms with Gasteiger partial charge in [0.25, 0.3) is 0 Å². The van der Waals surface area contributed by atoms with Gasteiger partial charge in [0.2, 0.25) is 0 Å². The normalized spacial score (nSPS) is 37.1. The number of Topliss-reactive ketones (excluding diaryl/α,β-unsaturated/α-hetero) is 2. The number of rotatable bonds is 12. The molecule has 5 heterocycles. The van der Waals surface area contributed by atoms with Crippen LogP contribution in [0.5, 0.6) is 11.5 Å².